The lowest BCUT2D eigenvalue weighted by atomic mass is 10.1. The second-order valence-corrected chi connectivity index (χ2v) is 3.14. The number of carboxylic acid groups (broad SMARTS) is 1. The van der Waals surface area contributed by atoms with Crippen molar-refractivity contribution < 1.29 is 27.9 Å². The third kappa shape index (κ3) is 3.47. The van der Waals surface area contributed by atoms with E-state index in [2.05, 4.69) is 0 Å². The van der Waals surface area contributed by atoms with E-state index in [1.54, 1.807) is 0 Å². The molecule has 0 bridgehead atoms. The zero-order chi connectivity index (χ0) is 13.0. The Hall–Kier alpha value is -2.05. The number of aliphatic carboxylic acids is 1. The van der Waals surface area contributed by atoms with E-state index in [0.717, 1.165) is 0 Å². The molecule has 0 aliphatic carbocycles. The van der Waals surface area contributed by atoms with Gasteiger partial charge in [-0.05, 0) is 0 Å². The summed E-state index contributed by atoms with van der Waals surface area (Å²) in [6, 6.07) is 0.740. The first-order valence-corrected chi connectivity index (χ1v) is 4.56. The minimum Gasteiger partial charge on any atom is -0.481 e. The van der Waals surface area contributed by atoms with Gasteiger partial charge in [-0.15, -0.1) is 0 Å². The predicted octanol–water partition coefficient (Wildman–Crippen LogP) is 1.31. The number of halogens is 3. The van der Waals surface area contributed by atoms with Crippen LogP contribution >= 0.6 is 0 Å². The number of amides is 1. The summed E-state index contributed by atoms with van der Waals surface area (Å²) in [7, 11) is 0. The highest BCUT2D eigenvalue weighted by atomic mass is 19.1. The molecule has 1 rings (SSSR count). The monoisotopic (exact) mass is 247 g/mol. The maximum Gasteiger partial charge on any atom is 0.305 e. The van der Waals surface area contributed by atoms with Crippen molar-refractivity contribution in [1.82, 2.24) is 5.32 Å². The average molecular weight is 247 g/mol. The lowest BCUT2D eigenvalue weighted by Crippen LogP contribution is -2.27. The van der Waals surface area contributed by atoms with Gasteiger partial charge in [0, 0.05) is 18.7 Å². The maximum atomic E-state index is 13.1. The lowest BCUT2D eigenvalue weighted by Gasteiger charge is -2.05. The van der Waals surface area contributed by atoms with Gasteiger partial charge in [-0.25, -0.2) is 13.2 Å². The first-order chi connectivity index (χ1) is 7.91. The summed E-state index contributed by atoms with van der Waals surface area (Å²) in [4.78, 5) is 21.4. The van der Waals surface area contributed by atoms with Gasteiger partial charge >= 0.3 is 5.97 Å². The van der Waals surface area contributed by atoms with Crippen molar-refractivity contribution >= 4 is 11.9 Å². The van der Waals surface area contributed by atoms with E-state index in [4.69, 9.17) is 5.11 Å². The Labute approximate surface area is 94.1 Å². The van der Waals surface area contributed by atoms with E-state index < -0.39 is 34.9 Å². The predicted molar refractivity (Wildman–Crippen MR) is 50.9 cm³/mol. The number of hydrogen-bond acceptors (Lipinski definition) is 2. The third-order valence-electron chi connectivity index (χ3n) is 1.86. The van der Waals surface area contributed by atoms with Gasteiger partial charge < -0.3 is 10.4 Å². The molecule has 92 valence electrons. The molecule has 1 aromatic rings. The van der Waals surface area contributed by atoms with E-state index in [1.165, 1.54) is 0 Å². The van der Waals surface area contributed by atoms with Crippen LogP contribution in [0.4, 0.5) is 13.2 Å². The second-order valence-electron chi connectivity index (χ2n) is 3.14. The molecule has 0 aliphatic heterocycles. The molecule has 0 spiro atoms. The molecule has 1 amide bonds. The fourth-order valence-corrected chi connectivity index (χ4v) is 1.13. The highest BCUT2D eigenvalue weighted by Crippen LogP contribution is 2.14. The minimum atomic E-state index is -1.34. The highest BCUT2D eigenvalue weighted by Gasteiger charge is 2.18. The summed E-state index contributed by atoms with van der Waals surface area (Å²) in [5, 5.41) is 10.3. The van der Waals surface area contributed by atoms with Crippen LogP contribution in [0.1, 0.15) is 16.8 Å². The van der Waals surface area contributed by atoms with Crippen LogP contribution in [0, 0.1) is 17.5 Å². The molecule has 1 aromatic carbocycles. The number of rotatable bonds is 4. The fourth-order valence-electron chi connectivity index (χ4n) is 1.13. The maximum absolute atomic E-state index is 13.1. The number of carbonyl (C=O) groups excluding carboxylic acids is 1. The van der Waals surface area contributed by atoms with Gasteiger partial charge in [0.1, 0.15) is 23.0 Å². The molecule has 0 radical (unpaired) electrons. The van der Waals surface area contributed by atoms with Crippen LogP contribution in [0.25, 0.3) is 0 Å². The standard InChI is InChI=1S/C10H8F3NO3/c11-5-3-6(12)9(7(13)4-5)10(17)14-2-1-8(15)16/h3-4H,1-2H2,(H,14,17)(H,15,16). The topological polar surface area (TPSA) is 66.4 Å². The molecule has 0 unspecified atom stereocenters. The van der Waals surface area contributed by atoms with Crippen molar-refractivity contribution in [1.29, 1.82) is 0 Å². The average Bonchev–Trinajstić information content (AvgIpc) is 2.14. The zero-order valence-corrected chi connectivity index (χ0v) is 8.47. The second kappa shape index (κ2) is 5.33. The Bertz CT molecular complexity index is 439. The number of benzene rings is 1. The largest absolute Gasteiger partial charge is 0.481 e. The third-order valence-corrected chi connectivity index (χ3v) is 1.86. The SMILES string of the molecule is O=C(O)CCNC(=O)c1c(F)cc(F)cc1F. The number of hydrogen-bond donors (Lipinski definition) is 2. The molecule has 4 nitrogen and oxygen atoms in total. The Balaban J connectivity index is 2.79. The number of nitrogens with one attached hydrogen (secondary N) is 1. The summed E-state index contributed by atoms with van der Waals surface area (Å²) >= 11 is 0. The Morgan fingerprint density at radius 3 is 2.18 bits per heavy atom. The van der Waals surface area contributed by atoms with Crippen molar-refractivity contribution in [2.45, 2.75) is 6.42 Å². The lowest BCUT2D eigenvalue weighted by molar-refractivity contribution is -0.136. The summed E-state index contributed by atoms with van der Waals surface area (Å²) in [6.45, 7) is -0.273. The van der Waals surface area contributed by atoms with Crippen LogP contribution in [0.15, 0.2) is 12.1 Å². The number of carbonyl (C=O) groups is 2. The molecular weight excluding hydrogens is 239 g/mol. The van der Waals surface area contributed by atoms with Crippen molar-refractivity contribution in [3.63, 3.8) is 0 Å². The van der Waals surface area contributed by atoms with Gasteiger partial charge in [-0.1, -0.05) is 0 Å². The van der Waals surface area contributed by atoms with Crippen molar-refractivity contribution in [3.05, 3.63) is 35.1 Å². The molecular formula is C10H8F3NO3. The van der Waals surface area contributed by atoms with E-state index in [1.807, 2.05) is 5.32 Å². The van der Waals surface area contributed by atoms with Gasteiger partial charge in [0.2, 0.25) is 0 Å². The summed E-state index contributed by atoms with van der Waals surface area (Å²) in [5.41, 5.74) is -0.934. The van der Waals surface area contributed by atoms with Gasteiger partial charge in [-0.2, -0.15) is 0 Å². The Morgan fingerprint density at radius 1 is 1.18 bits per heavy atom. The molecule has 7 heteroatoms. The smallest absolute Gasteiger partial charge is 0.305 e. The van der Waals surface area contributed by atoms with Crippen LogP contribution in [0.5, 0.6) is 0 Å². The normalized spacial score (nSPS) is 10.1. The van der Waals surface area contributed by atoms with Crippen LogP contribution in [0.2, 0.25) is 0 Å². The molecule has 0 aromatic heterocycles. The quantitative estimate of drug-likeness (QED) is 0.842. The molecule has 0 fully saturated rings. The summed E-state index contributed by atoms with van der Waals surface area (Å²) < 4.78 is 38.7. The van der Waals surface area contributed by atoms with E-state index in [9.17, 15) is 22.8 Å². The Kier molecular flexibility index (Phi) is 4.08. The van der Waals surface area contributed by atoms with Gasteiger partial charge in [0.15, 0.2) is 0 Å². The molecule has 0 atom stereocenters. The molecule has 0 saturated heterocycles. The summed E-state index contributed by atoms with van der Waals surface area (Å²) in [5.74, 6) is -6.10. The zero-order valence-electron chi connectivity index (χ0n) is 8.47. The van der Waals surface area contributed by atoms with Crippen LogP contribution in [-0.2, 0) is 4.79 Å². The Morgan fingerprint density at radius 2 is 1.71 bits per heavy atom. The van der Waals surface area contributed by atoms with E-state index in [-0.39, 0.29) is 13.0 Å². The van der Waals surface area contributed by atoms with E-state index in [0.29, 0.717) is 12.1 Å². The highest BCUT2D eigenvalue weighted by molar-refractivity contribution is 5.94. The van der Waals surface area contributed by atoms with Crippen LogP contribution < -0.4 is 5.32 Å². The molecule has 0 heterocycles. The number of carboxylic acids is 1. The van der Waals surface area contributed by atoms with Gasteiger partial charge in [-0.3, -0.25) is 9.59 Å². The molecule has 0 aliphatic rings. The molecule has 17 heavy (non-hydrogen) atoms. The summed E-state index contributed by atoms with van der Waals surface area (Å²) in [6.07, 6.45) is -0.379. The minimum absolute atomic E-state index is 0.273. The molecule has 2 N–H and O–H groups in total. The van der Waals surface area contributed by atoms with Crippen LogP contribution in [-0.4, -0.2) is 23.5 Å². The van der Waals surface area contributed by atoms with Crippen molar-refractivity contribution in [2.75, 3.05) is 6.54 Å². The van der Waals surface area contributed by atoms with Crippen molar-refractivity contribution in [2.24, 2.45) is 0 Å². The fraction of sp³-hybridized carbons (Fsp3) is 0.200. The van der Waals surface area contributed by atoms with Gasteiger partial charge in [0.25, 0.3) is 5.91 Å². The first-order valence-electron chi connectivity index (χ1n) is 4.56. The van der Waals surface area contributed by atoms with Crippen molar-refractivity contribution in [3.8, 4) is 0 Å². The van der Waals surface area contributed by atoms with Crippen LogP contribution in [0.3, 0.4) is 0 Å². The first kappa shape index (κ1) is 13.0. The van der Waals surface area contributed by atoms with Gasteiger partial charge in [0.05, 0.1) is 6.42 Å². The molecule has 0 saturated carbocycles. The van der Waals surface area contributed by atoms with E-state index >= 15 is 0 Å².